The maximum Gasteiger partial charge on any atom is 0.309 e. The molecule has 0 bridgehead atoms. The summed E-state index contributed by atoms with van der Waals surface area (Å²) in [6.07, 6.45) is 3.34. The zero-order valence-electron chi connectivity index (χ0n) is 15.6. The number of hydrogen-bond acceptors (Lipinski definition) is 2. The third-order valence-electron chi connectivity index (χ3n) is 4.38. The monoisotopic (exact) mass is 352 g/mol. The fraction of sp³-hybridized carbons (Fsp3) is 0.364. The lowest BCUT2D eigenvalue weighted by Crippen LogP contribution is -2.46. The van der Waals surface area contributed by atoms with Crippen LogP contribution in [0.2, 0.25) is 0 Å². The van der Waals surface area contributed by atoms with Crippen molar-refractivity contribution in [2.24, 2.45) is 0 Å². The van der Waals surface area contributed by atoms with Crippen LogP contribution in [-0.2, 0) is 22.4 Å². The first-order chi connectivity index (χ1) is 12.5. The number of rotatable bonds is 8. The molecule has 26 heavy (non-hydrogen) atoms. The molecule has 0 aromatic heterocycles. The number of carbonyl (C=O) groups excluding carboxylic acids is 2. The van der Waals surface area contributed by atoms with Crippen molar-refractivity contribution in [2.45, 2.75) is 51.6 Å². The van der Waals surface area contributed by atoms with Crippen molar-refractivity contribution in [3.05, 3.63) is 71.8 Å². The van der Waals surface area contributed by atoms with E-state index < -0.39 is 11.8 Å². The van der Waals surface area contributed by atoms with Crippen LogP contribution in [0.1, 0.15) is 37.8 Å². The van der Waals surface area contributed by atoms with Crippen molar-refractivity contribution in [2.75, 3.05) is 0 Å². The predicted molar refractivity (Wildman–Crippen MR) is 105 cm³/mol. The SMILES string of the molecule is CC(CCc1ccccc1)NC(=O)C(=O)NC(C)CCc1ccccc1. The van der Waals surface area contributed by atoms with Gasteiger partial charge in [-0.05, 0) is 50.7 Å². The number of hydrogen-bond donors (Lipinski definition) is 2. The zero-order chi connectivity index (χ0) is 18.8. The van der Waals surface area contributed by atoms with Crippen molar-refractivity contribution >= 4 is 11.8 Å². The fourth-order valence-electron chi connectivity index (χ4n) is 2.78. The summed E-state index contributed by atoms with van der Waals surface area (Å²) in [4.78, 5) is 24.1. The Morgan fingerprint density at radius 3 is 1.38 bits per heavy atom. The zero-order valence-corrected chi connectivity index (χ0v) is 15.6. The fourth-order valence-corrected chi connectivity index (χ4v) is 2.78. The molecule has 2 aromatic rings. The minimum atomic E-state index is -0.558. The van der Waals surface area contributed by atoms with Crippen LogP contribution in [0, 0.1) is 0 Å². The maximum absolute atomic E-state index is 12.1. The molecular formula is C22H28N2O2. The van der Waals surface area contributed by atoms with E-state index in [1.54, 1.807) is 0 Å². The average Bonchev–Trinajstić information content (AvgIpc) is 2.66. The van der Waals surface area contributed by atoms with E-state index in [-0.39, 0.29) is 12.1 Å². The quantitative estimate of drug-likeness (QED) is 0.717. The Kier molecular flexibility index (Phi) is 7.87. The number of carbonyl (C=O) groups is 2. The molecule has 2 N–H and O–H groups in total. The van der Waals surface area contributed by atoms with Crippen LogP contribution in [-0.4, -0.2) is 23.9 Å². The van der Waals surface area contributed by atoms with E-state index in [0.29, 0.717) is 0 Å². The number of nitrogens with one attached hydrogen (secondary N) is 2. The van der Waals surface area contributed by atoms with Crippen molar-refractivity contribution in [3.8, 4) is 0 Å². The molecule has 2 atom stereocenters. The third-order valence-corrected chi connectivity index (χ3v) is 4.38. The second-order valence-electron chi connectivity index (χ2n) is 6.80. The second kappa shape index (κ2) is 10.4. The van der Waals surface area contributed by atoms with Gasteiger partial charge >= 0.3 is 11.8 Å². The molecule has 0 aliphatic rings. The Labute approximate surface area is 156 Å². The van der Waals surface area contributed by atoms with Gasteiger partial charge in [0.05, 0.1) is 0 Å². The minimum Gasteiger partial charge on any atom is -0.345 e. The number of benzene rings is 2. The molecule has 0 fully saturated rings. The molecule has 2 rings (SSSR count). The van der Waals surface area contributed by atoms with Crippen LogP contribution in [0.3, 0.4) is 0 Å². The summed E-state index contributed by atoms with van der Waals surface area (Å²) in [7, 11) is 0. The van der Waals surface area contributed by atoms with E-state index in [4.69, 9.17) is 0 Å². The van der Waals surface area contributed by atoms with Crippen LogP contribution in [0.15, 0.2) is 60.7 Å². The van der Waals surface area contributed by atoms with Gasteiger partial charge in [0.2, 0.25) is 0 Å². The lowest BCUT2D eigenvalue weighted by Gasteiger charge is -2.16. The van der Waals surface area contributed by atoms with Gasteiger partial charge in [-0.3, -0.25) is 9.59 Å². The van der Waals surface area contributed by atoms with E-state index in [1.165, 1.54) is 11.1 Å². The van der Waals surface area contributed by atoms with E-state index in [2.05, 4.69) is 34.9 Å². The maximum atomic E-state index is 12.1. The smallest absolute Gasteiger partial charge is 0.309 e. The molecular weight excluding hydrogens is 324 g/mol. The van der Waals surface area contributed by atoms with E-state index in [0.717, 1.165) is 25.7 Å². The molecule has 4 heteroatoms. The van der Waals surface area contributed by atoms with Gasteiger partial charge in [-0.1, -0.05) is 60.7 Å². The standard InChI is InChI=1S/C22H28N2O2/c1-17(13-15-19-9-5-3-6-10-19)23-21(25)22(26)24-18(2)14-16-20-11-7-4-8-12-20/h3-12,17-18H,13-16H2,1-2H3,(H,23,25)(H,24,26). The third kappa shape index (κ3) is 7.09. The summed E-state index contributed by atoms with van der Waals surface area (Å²) in [5, 5.41) is 5.56. The molecule has 0 radical (unpaired) electrons. The molecule has 0 saturated carbocycles. The molecule has 4 nitrogen and oxygen atoms in total. The Balaban J connectivity index is 1.68. The van der Waals surface area contributed by atoms with Gasteiger partial charge in [-0.25, -0.2) is 0 Å². The van der Waals surface area contributed by atoms with E-state index in [1.807, 2.05) is 50.2 Å². The lowest BCUT2D eigenvalue weighted by molar-refractivity contribution is -0.140. The normalized spacial score (nSPS) is 12.8. The van der Waals surface area contributed by atoms with Gasteiger partial charge in [-0.2, -0.15) is 0 Å². The van der Waals surface area contributed by atoms with Crippen molar-refractivity contribution in [3.63, 3.8) is 0 Å². The molecule has 2 amide bonds. The average molecular weight is 352 g/mol. The molecule has 0 saturated heterocycles. The summed E-state index contributed by atoms with van der Waals surface area (Å²) in [5.41, 5.74) is 2.46. The topological polar surface area (TPSA) is 58.2 Å². The van der Waals surface area contributed by atoms with Crippen LogP contribution in [0.25, 0.3) is 0 Å². The summed E-state index contributed by atoms with van der Waals surface area (Å²) in [6.45, 7) is 3.85. The van der Waals surface area contributed by atoms with Gasteiger partial charge in [-0.15, -0.1) is 0 Å². The Bertz CT molecular complexity index is 624. The van der Waals surface area contributed by atoms with E-state index in [9.17, 15) is 9.59 Å². The second-order valence-corrected chi connectivity index (χ2v) is 6.80. The van der Waals surface area contributed by atoms with E-state index >= 15 is 0 Å². The first kappa shape index (κ1) is 19.7. The van der Waals surface area contributed by atoms with Crippen molar-refractivity contribution < 1.29 is 9.59 Å². The van der Waals surface area contributed by atoms with Crippen molar-refractivity contribution in [1.29, 1.82) is 0 Å². The summed E-state index contributed by atoms with van der Waals surface area (Å²) < 4.78 is 0. The molecule has 0 spiro atoms. The highest BCUT2D eigenvalue weighted by molar-refractivity contribution is 6.35. The van der Waals surface area contributed by atoms with Gasteiger partial charge < -0.3 is 10.6 Å². The van der Waals surface area contributed by atoms with Crippen molar-refractivity contribution in [1.82, 2.24) is 10.6 Å². The van der Waals surface area contributed by atoms with Gasteiger partial charge in [0, 0.05) is 12.1 Å². The van der Waals surface area contributed by atoms with Gasteiger partial charge in [0.15, 0.2) is 0 Å². The molecule has 2 aromatic carbocycles. The lowest BCUT2D eigenvalue weighted by atomic mass is 10.1. The largest absolute Gasteiger partial charge is 0.345 e. The highest BCUT2D eigenvalue weighted by atomic mass is 16.2. The van der Waals surface area contributed by atoms with Gasteiger partial charge in [0.1, 0.15) is 0 Å². The van der Waals surface area contributed by atoms with Crippen LogP contribution in [0.5, 0.6) is 0 Å². The first-order valence-electron chi connectivity index (χ1n) is 9.24. The molecule has 138 valence electrons. The summed E-state index contributed by atoms with van der Waals surface area (Å²) in [5.74, 6) is -1.12. The summed E-state index contributed by atoms with van der Waals surface area (Å²) >= 11 is 0. The Morgan fingerprint density at radius 2 is 1.04 bits per heavy atom. The summed E-state index contributed by atoms with van der Waals surface area (Å²) in [6, 6.07) is 20.1. The molecule has 0 heterocycles. The highest BCUT2D eigenvalue weighted by Crippen LogP contribution is 2.06. The van der Waals surface area contributed by atoms with Crippen LogP contribution >= 0.6 is 0 Å². The predicted octanol–water partition coefficient (Wildman–Crippen LogP) is 3.26. The van der Waals surface area contributed by atoms with Gasteiger partial charge in [0.25, 0.3) is 0 Å². The minimum absolute atomic E-state index is 0.0481. The molecule has 2 unspecified atom stereocenters. The molecule has 0 aliphatic carbocycles. The number of amides is 2. The number of aryl methyl sites for hydroxylation is 2. The van der Waals surface area contributed by atoms with Crippen LogP contribution in [0.4, 0.5) is 0 Å². The first-order valence-corrected chi connectivity index (χ1v) is 9.24. The van der Waals surface area contributed by atoms with Crippen LogP contribution < -0.4 is 10.6 Å². The Hall–Kier alpha value is -2.62. The Morgan fingerprint density at radius 1 is 0.692 bits per heavy atom. The highest BCUT2D eigenvalue weighted by Gasteiger charge is 2.18. The molecule has 0 aliphatic heterocycles.